The van der Waals surface area contributed by atoms with E-state index in [4.69, 9.17) is 28.1 Å². The second-order valence-electron chi connectivity index (χ2n) is 14.9. The Bertz CT molecular complexity index is 1240. The fourth-order valence-corrected chi connectivity index (χ4v) is 6.16. The van der Waals surface area contributed by atoms with E-state index in [0.717, 1.165) is 11.1 Å². The summed E-state index contributed by atoms with van der Waals surface area (Å²) in [5.74, 6) is -1.12. The van der Waals surface area contributed by atoms with Crippen molar-refractivity contribution in [1.29, 1.82) is 0 Å². The molecule has 8 nitrogen and oxygen atoms in total. The van der Waals surface area contributed by atoms with Crippen LogP contribution in [0.2, 0.25) is 18.1 Å². The molecule has 0 spiro atoms. The summed E-state index contributed by atoms with van der Waals surface area (Å²) in [6, 6.07) is 19.5. The third kappa shape index (κ3) is 11.2. The van der Waals surface area contributed by atoms with Crippen molar-refractivity contribution in [1.82, 2.24) is 0 Å². The maximum atomic E-state index is 14.1. The predicted molar refractivity (Wildman–Crippen MR) is 182 cm³/mol. The highest BCUT2D eigenvalue weighted by Crippen LogP contribution is 2.38. The van der Waals surface area contributed by atoms with E-state index in [1.165, 1.54) is 7.11 Å². The highest BCUT2D eigenvalue weighted by molar-refractivity contribution is 6.74. The molecule has 0 radical (unpaired) electrons. The SMILES string of the molecule is CO[C@H](CC(=O)C[C@H]1OC(C)(C)O[C@@H]1CO[Si](C)(C)C(C)(C)C)[C@@H](OCc1ccccc1)C(=O)C(C)(C)COCc1ccccc1. The smallest absolute Gasteiger partial charge is 0.192 e. The van der Waals surface area contributed by atoms with Crippen LogP contribution < -0.4 is 0 Å². The molecule has 46 heavy (non-hydrogen) atoms. The third-order valence-corrected chi connectivity index (χ3v) is 13.5. The molecule has 0 saturated carbocycles. The quantitative estimate of drug-likeness (QED) is 0.155. The highest BCUT2D eigenvalue weighted by Gasteiger charge is 2.46. The van der Waals surface area contributed by atoms with Crippen molar-refractivity contribution in [3.63, 3.8) is 0 Å². The van der Waals surface area contributed by atoms with Gasteiger partial charge in [0, 0.05) is 25.4 Å². The first-order valence-corrected chi connectivity index (χ1v) is 19.2. The van der Waals surface area contributed by atoms with Crippen LogP contribution in [0.1, 0.15) is 72.4 Å². The van der Waals surface area contributed by atoms with Gasteiger partial charge >= 0.3 is 0 Å². The van der Waals surface area contributed by atoms with Crippen LogP contribution in [-0.4, -0.2) is 70.4 Å². The molecule has 9 heteroatoms. The standard InChI is InChI=1S/C37H56O8Si/c1-35(2,3)46(9,10)43-25-32-30(44-37(6,7)45-32)21-29(38)22-31(40-8)33(42-24-28-19-15-12-16-20-28)34(39)36(4,5)26-41-23-27-17-13-11-14-18-27/h11-20,30-33H,21-26H2,1-10H3/t30-,31-,32-,33-/m1/s1. The molecule has 0 aliphatic carbocycles. The average molecular weight is 657 g/mol. The Balaban J connectivity index is 1.72. The molecule has 1 heterocycles. The Morgan fingerprint density at radius 3 is 1.96 bits per heavy atom. The van der Waals surface area contributed by atoms with Crippen LogP contribution in [-0.2, 0) is 50.9 Å². The van der Waals surface area contributed by atoms with Crippen molar-refractivity contribution in [3.8, 4) is 0 Å². The van der Waals surface area contributed by atoms with Crippen molar-refractivity contribution in [2.45, 2.75) is 123 Å². The van der Waals surface area contributed by atoms with Crippen molar-refractivity contribution in [2.75, 3.05) is 20.3 Å². The number of carbonyl (C=O) groups excluding carboxylic acids is 2. The van der Waals surface area contributed by atoms with Gasteiger partial charge < -0.3 is 28.1 Å². The lowest BCUT2D eigenvalue weighted by atomic mass is 9.83. The fourth-order valence-electron chi connectivity index (χ4n) is 5.14. The number of ether oxygens (including phenoxy) is 5. The van der Waals surface area contributed by atoms with Gasteiger partial charge in [-0.3, -0.25) is 9.59 Å². The third-order valence-electron chi connectivity index (χ3n) is 8.97. The Morgan fingerprint density at radius 2 is 1.41 bits per heavy atom. The van der Waals surface area contributed by atoms with Gasteiger partial charge in [-0.1, -0.05) is 95.3 Å². The topological polar surface area (TPSA) is 89.5 Å². The van der Waals surface area contributed by atoms with E-state index in [1.54, 1.807) is 0 Å². The van der Waals surface area contributed by atoms with Crippen LogP contribution in [0.15, 0.2) is 60.7 Å². The van der Waals surface area contributed by atoms with E-state index < -0.39 is 37.8 Å². The zero-order valence-corrected chi connectivity index (χ0v) is 30.6. The van der Waals surface area contributed by atoms with Crippen LogP contribution in [0.4, 0.5) is 0 Å². The second-order valence-corrected chi connectivity index (χ2v) is 19.8. The van der Waals surface area contributed by atoms with Gasteiger partial charge in [0.1, 0.15) is 18.0 Å². The number of carbonyl (C=O) groups is 2. The van der Waals surface area contributed by atoms with Crippen LogP contribution in [0.3, 0.4) is 0 Å². The highest BCUT2D eigenvalue weighted by atomic mass is 28.4. The molecule has 0 aromatic heterocycles. The summed E-state index contributed by atoms with van der Waals surface area (Å²) in [7, 11) is -0.526. The molecule has 2 aromatic carbocycles. The van der Waals surface area contributed by atoms with Gasteiger partial charge in [-0.15, -0.1) is 0 Å². The van der Waals surface area contributed by atoms with E-state index in [1.807, 2.05) is 88.4 Å². The molecule has 1 saturated heterocycles. The number of rotatable bonds is 18. The molecule has 0 N–H and O–H groups in total. The molecule has 1 aliphatic rings. The van der Waals surface area contributed by atoms with E-state index in [9.17, 15) is 9.59 Å². The Hall–Kier alpha value is -2.24. The zero-order valence-electron chi connectivity index (χ0n) is 29.6. The Kier molecular flexibility index (Phi) is 13.5. The first kappa shape index (κ1) is 38.2. The number of methoxy groups -OCH3 is 1. The number of Topliss-reactive ketones (excluding diaryl/α,β-unsaturated/α-hetero) is 2. The molecular formula is C37H56O8Si. The summed E-state index contributed by atoms with van der Waals surface area (Å²) >= 11 is 0. The van der Waals surface area contributed by atoms with Crippen LogP contribution in [0, 0.1) is 5.41 Å². The summed E-state index contributed by atoms with van der Waals surface area (Å²) in [6.07, 6.45) is -2.56. The normalized spacial score (nSPS) is 20.0. The molecule has 4 atom stereocenters. The first-order valence-electron chi connectivity index (χ1n) is 16.3. The van der Waals surface area contributed by atoms with E-state index in [-0.39, 0.29) is 48.8 Å². The second kappa shape index (κ2) is 16.2. The van der Waals surface area contributed by atoms with Crippen molar-refractivity contribution in [3.05, 3.63) is 71.8 Å². The van der Waals surface area contributed by atoms with Gasteiger partial charge in [-0.2, -0.15) is 0 Å². The van der Waals surface area contributed by atoms with Crippen LogP contribution >= 0.6 is 0 Å². The van der Waals surface area contributed by atoms with Gasteiger partial charge in [0.15, 0.2) is 19.9 Å². The predicted octanol–water partition coefficient (Wildman–Crippen LogP) is 7.29. The monoisotopic (exact) mass is 656 g/mol. The van der Waals surface area contributed by atoms with E-state index >= 15 is 0 Å². The molecule has 3 rings (SSSR count). The van der Waals surface area contributed by atoms with Crippen LogP contribution in [0.25, 0.3) is 0 Å². The lowest BCUT2D eigenvalue weighted by molar-refractivity contribution is -0.156. The summed E-state index contributed by atoms with van der Waals surface area (Å²) in [5.41, 5.74) is 1.05. The van der Waals surface area contributed by atoms with Crippen molar-refractivity contribution < 1.29 is 37.7 Å². The average Bonchev–Trinajstić information content (AvgIpc) is 3.28. The van der Waals surface area contributed by atoms with Gasteiger partial charge in [0.05, 0.1) is 38.6 Å². The molecule has 0 bridgehead atoms. The maximum Gasteiger partial charge on any atom is 0.192 e. The van der Waals surface area contributed by atoms with Crippen molar-refractivity contribution >= 4 is 19.9 Å². The van der Waals surface area contributed by atoms with Gasteiger partial charge in [-0.05, 0) is 43.1 Å². The lowest BCUT2D eigenvalue weighted by Crippen LogP contribution is -2.47. The molecule has 1 fully saturated rings. The number of hydrogen-bond acceptors (Lipinski definition) is 8. The van der Waals surface area contributed by atoms with E-state index in [0.29, 0.717) is 13.2 Å². The first-order chi connectivity index (χ1) is 21.4. The number of hydrogen-bond donors (Lipinski definition) is 0. The summed E-state index contributed by atoms with van der Waals surface area (Å²) in [4.78, 5) is 27.7. The molecule has 256 valence electrons. The lowest BCUT2D eigenvalue weighted by Gasteiger charge is -2.37. The summed E-state index contributed by atoms with van der Waals surface area (Å²) < 4.78 is 36.9. The summed E-state index contributed by atoms with van der Waals surface area (Å²) in [5, 5.41) is 0.0423. The van der Waals surface area contributed by atoms with Gasteiger partial charge in [0.25, 0.3) is 0 Å². The Labute approximate surface area is 277 Å². The maximum absolute atomic E-state index is 14.1. The minimum atomic E-state index is -2.04. The number of benzene rings is 2. The fraction of sp³-hybridized carbons (Fsp3) is 0.622. The Morgan fingerprint density at radius 1 is 0.870 bits per heavy atom. The molecule has 0 amide bonds. The largest absolute Gasteiger partial charge is 0.414 e. The van der Waals surface area contributed by atoms with Gasteiger partial charge in [-0.25, -0.2) is 0 Å². The van der Waals surface area contributed by atoms with Gasteiger partial charge in [0.2, 0.25) is 0 Å². The summed E-state index contributed by atoms with van der Waals surface area (Å²) in [6.45, 7) is 19.5. The van der Waals surface area contributed by atoms with Crippen molar-refractivity contribution in [2.24, 2.45) is 5.41 Å². The molecular weight excluding hydrogens is 600 g/mol. The van der Waals surface area contributed by atoms with E-state index in [2.05, 4.69) is 33.9 Å². The minimum Gasteiger partial charge on any atom is -0.414 e. The molecule has 0 unspecified atom stereocenters. The van der Waals surface area contributed by atoms with Crippen LogP contribution in [0.5, 0.6) is 0 Å². The molecule has 1 aliphatic heterocycles. The minimum absolute atomic E-state index is 0.0151. The molecule has 2 aromatic rings. The number of ketones is 2. The zero-order chi connectivity index (χ0) is 34.2.